The Kier molecular flexibility index (Phi) is 4.83. The van der Waals surface area contributed by atoms with Gasteiger partial charge in [0.2, 0.25) is 0 Å². The molecule has 154 valence electrons. The van der Waals surface area contributed by atoms with Crippen LogP contribution in [-0.2, 0) is 0 Å². The highest BCUT2D eigenvalue weighted by Crippen LogP contribution is 2.34. The molecule has 0 atom stereocenters. The number of methoxy groups -OCH3 is 3. The van der Waals surface area contributed by atoms with Crippen LogP contribution < -0.4 is 19.8 Å². The predicted octanol–water partition coefficient (Wildman–Crippen LogP) is 3.63. The van der Waals surface area contributed by atoms with Gasteiger partial charge in [-0.3, -0.25) is 4.79 Å². The molecule has 0 spiro atoms. The van der Waals surface area contributed by atoms with Crippen LogP contribution in [0.3, 0.4) is 0 Å². The first-order valence-corrected chi connectivity index (χ1v) is 9.19. The number of hydrogen-bond acceptors (Lipinski definition) is 6. The van der Waals surface area contributed by atoms with Crippen LogP contribution in [0.1, 0.15) is 5.69 Å². The van der Waals surface area contributed by atoms with E-state index in [1.54, 1.807) is 58.6 Å². The molecule has 2 heterocycles. The van der Waals surface area contributed by atoms with E-state index in [0.717, 1.165) is 15.7 Å². The van der Waals surface area contributed by atoms with E-state index in [1.165, 1.54) is 0 Å². The second kappa shape index (κ2) is 7.47. The second-order valence-electron chi connectivity index (χ2n) is 6.72. The molecule has 0 unspecified atom stereocenters. The number of rotatable bonds is 5. The summed E-state index contributed by atoms with van der Waals surface area (Å²) >= 11 is 0. The number of pyridine rings is 1. The summed E-state index contributed by atoms with van der Waals surface area (Å²) < 4.78 is 16.8. The Bertz CT molecular complexity index is 1310. The van der Waals surface area contributed by atoms with E-state index < -0.39 is 0 Å². The Balaban J connectivity index is 1.88. The highest BCUT2D eigenvalue weighted by Gasteiger charge is 2.20. The summed E-state index contributed by atoms with van der Waals surface area (Å²) in [5.41, 5.74) is 2.29. The molecule has 8 nitrogen and oxygen atoms in total. The Hall–Kier alpha value is -3.94. The summed E-state index contributed by atoms with van der Waals surface area (Å²) in [6.07, 6.45) is 0. The van der Waals surface area contributed by atoms with Gasteiger partial charge in [-0.2, -0.15) is 4.73 Å². The summed E-state index contributed by atoms with van der Waals surface area (Å²) in [6, 6.07) is 12.4. The summed E-state index contributed by atoms with van der Waals surface area (Å²) in [5.74, 6) is 1.93. The van der Waals surface area contributed by atoms with Crippen LogP contribution in [0.5, 0.6) is 17.2 Å². The Morgan fingerprint density at radius 1 is 0.967 bits per heavy atom. The van der Waals surface area contributed by atoms with Crippen molar-refractivity contribution in [1.82, 2.24) is 14.7 Å². The van der Waals surface area contributed by atoms with Crippen molar-refractivity contribution in [2.45, 2.75) is 6.92 Å². The van der Waals surface area contributed by atoms with Crippen molar-refractivity contribution < 1.29 is 19.4 Å². The first-order chi connectivity index (χ1) is 14.5. The normalized spacial score (nSPS) is 10.9. The van der Waals surface area contributed by atoms with Crippen LogP contribution in [-0.4, -0.2) is 41.2 Å². The number of imidazole rings is 1. The summed E-state index contributed by atoms with van der Waals surface area (Å²) in [4.78, 5) is 20.1. The molecular formula is C22H21N3O5. The molecule has 8 heteroatoms. The van der Waals surface area contributed by atoms with Crippen LogP contribution in [0.15, 0.2) is 47.3 Å². The largest absolute Gasteiger partial charge is 0.497 e. The fourth-order valence-corrected chi connectivity index (χ4v) is 3.40. The zero-order valence-electron chi connectivity index (χ0n) is 17.0. The Labute approximate surface area is 172 Å². The van der Waals surface area contributed by atoms with Gasteiger partial charge in [0.25, 0.3) is 5.56 Å². The lowest BCUT2D eigenvalue weighted by Gasteiger charge is -2.08. The Morgan fingerprint density at radius 3 is 2.43 bits per heavy atom. The number of benzene rings is 2. The molecule has 0 aliphatic rings. The number of nitrogens with one attached hydrogen (secondary N) is 1. The van der Waals surface area contributed by atoms with E-state index in [2.05, 4.69) is 9.97 Å². The lowest BCUT2D eigenvalue weighted by atomic mass is 10.1. The minimum absolute atomic E-state index is 0.142. The molecule has 2 aromatic heterocycles. The maximum absolute atomic E-state index is 12.7. The van der Waals surface area contributed by atoms with Crippen LogP contribution >= 0.6 is 0 Å². The predicted molar refractivity (Wildman–Crippen MR) is 113 cm³/mol. The topological polar surface area (TPSA) is 98.6 Å². The monoisotopic (exact) mass is 407 g/mol. The number of fused-ring (bicyclic) bond motifs is 1. The van der Waals surface area contributed by atoms with Gasteiger partial charge < -0.3 is 24.4 Å². The third kappa shape index (κ3) is 3.12. The third-order valence-corrected chi connectivity index (χ3v) is 5.03. The molecule has 0 aliphatic carbocycles. The summed E-state index contributed by atoms with van der Waals surface area (Å²) in [7, 11) is 4.69. The molecule has 4 aromatic rings. The van der Waals surface area contributed by atoms with Gasteiger partial charge in [0.1, 0.15) is 5.75 Å². The standard InChI is InChI=1S/C22H21N3O5/c1-12-20(13-5-8-18(29-3)19(11-13)30-4)24-21(25(12)27)16-10-14-9-15(28-2)6-7-17(14)23-22(16)26/h5-11,27H,1-4H3,(H,23,26). The van der Waals surface area contributed by atoms with Crippen LogP contribution in [0.2, 0.25) is 0 Å². The molecule has 0 saturated carbocycles. The van der Waals surface area contributed by atoms with Crippen molar-refractivity contribution in [2.24, 2.45) is 0 Å². The van der Waals surface area contributed by atoms with Gasteiger partial charge in [-0.1, -0.05) is 0 Å². The highest BCUT2D eigenvalue weighted by atomic mass is 16.5. The molecule has 0 fully saturated rings. The van der Waals surface area contributed by atoms with Gasteiger partial charge in [0, 0.05) is 16.5 Å². The Morgan fingerprint density at radius 2 is 1.73 bits per heavy atom. The number of hydrogen-bond donors (Lipinski definition) is 2. The van der Waals surface area contributed by atoms with Gasteiger partial charge in [0.15, 0.2) is 17.3 Å². The van der Waals surface area contributed by atoms with E-state index in [-0.39, 0.29) is 16.9 Å². The fourth-order valence-electron chi connectivity index (χ4n) is 3.40. The number of H-pyrrole nitrogens is 1. The molecule has 2 aromatic carbocycles. The molecule has 0 amide bonds. The molecule has 0 radical (unpaired) electrons. The van der Waals surface area contributed by atoms with Crippen LogP contribution in [0, 0.1) is 6.92 Å². The minimum atomic E-state index is -0.355. The zero-order valence-corrected chi connectivity index (χ0v) is 17.0. The van der Waals surface area contributed by atoms with E-state index in [4.69, 9.17) is 14.2 Å². The lowest BCUT2D eigenvalue weighted by Crippen LogP contribution is -2.11. The van der Waals surface area contributed by atoms with E-state index >= 15 is 0 Å². The second-order valence-corrected chi connectivity index (χ2v) is 6.72. The van der Waals surface area contributed by atoms with Crippen molar-refractivity contribution in [2.75, 3.05) is 21.3 Å². The van der Waals surface area contributed by atoms with Crippen molar-refractivity contribution in [3.63, 3.8) is 0 Å². The number of aromatic nitrogens is 3. The number of ether oxygens (including phenoxy) is 3. The van der Waals surface area contributed by atoms with Crippen LogP contribution in [0.25, 0.3) is 33.5 Å². The van der Waals surface area contributed by atoms with Gasteiger partial charge in [-0.15, -0.1) is 0 Å². The maximum Gasteiger partial charge on any atom is 0.259 e. The fraction of sp³-hybridized carbons (Fsp3) is 0.182. The molecule has 0 saturated heterocycles. The first-order valence-electron chi connectivity index (χ1n) is 9.19. The van der Waals surface area contributed by atoms with Crippen molar-refractivity contribution in [3.05, 3.63) is 58.5 Å². The number of aromatic amines is 1. The van der Waals surface area contributed by atoms with Gasteiger partial charge in [-0.05, 0) is 49.4 Å². The average molecular weight is 407 g/mol. The lowest BCUT2D eigenvalue weighted by molar-refractivity contribution is 0.184. The average Bonchev–Trinajstić information content (AvgIpc) is 3.06. The third-order valence-electron chi connectivity index (χ3n) is 5.03. The quantitative estimate of drug-likeness (QED) is 0.490. The van der Waals surface area contributed by atoms with E-state index in [0.29, 0.717) is 34.2 Å². The summed E-state index contributed by atoms with van der Waals surface area (Å²) in [5, 5.41) is 11.4. The van der Waals surface area contributed by atoms with Crippen molar-refractivity contribution >= 4 is 10.9 Å². The van der Waals surface area contributed by atoms with Crippen LogP contribution in [0.4, 0.5) is 0 Å². The van der Waals surface area contributed by atoms with E-state index in [9.17, 15) is 10.0 Å². The highest BCUT2D eigenvalue weighted by molar-refractivity contribution is 5.84. The molecule has 2 N–H and O–H groups in total. The molecule has 30 heavy (non-hydrogen) atoms. The first kappa shape index (κ1) is 19.4. The minimum Gasteiger partial charge on any atom is -0.497 e. The van der Waals surface area contributed by atoms with Gasteiger partial charge in [0.05, 0.1) is 38.3 Å². The summed E-state index contributed by atoms with van der Waals surface area (Å²) in [6.45, 7) is 1.72. The van der Waals surface area contributed by atoms with Gasteiger partial charge >= 0.3 is 0 Å². The zero-order chi connectivity index (χ0) is 21.4. The maximum atomic E-state index is 12.7. The SMILES string of the molecule is COc1ccc2[nH]c(=O)c(-c3nc(-c4ccc(OC)c(OC)c4)c(C)n3O)cc2c1. The van der Waals surface area contributed by atoms with E-state index in [1.807, 2.05) is 12.1 Å². The van der Waals surface area contributed by atoms with Gasteiger partial charge in [-0.25, -0.2) is 4.98 Å². The molecule has 0 aliphatic heterocycles. The number of nitrogens with zero attached hydrogens (tertiary/aromatic N) is 2. The molecule has 4 rings (SSSR count). The molecular weight excluding hydrogens is 386 g/mol. The van der Waals surface area contributed by atoms with Crippen molar-refractivity contribution in [3.8, 4) is 39.9 Å². The molecule has 0 bridgehead atoms. The van der Waals surface area contributed by atoms with Crippen molar-refractivity contribution in [1.29, 1.82) is 0 Å². The smallest absolute Gasteiger partial charge is 0.259 e.